The van der Waals surface area contributed by atoms with E-state index in [9.17, 15) is 9.59 Å². The normalized spacial score (nSPS) is 13.7. The lowest BCUT2D eigenvalue weighted by molar-refractivity contribution is -0.139. The number of rotatable bonds is 7. The van der Waals surface area contributed by atoms with Crippen molar-refractivity contribution in [2.75, 3.05) is 20.8 Å². The van der Waals surface area contributed by atoms with Crippen LogP contribution in [0.5, 0.6) is 11.5 Å². The smallest absolute Gasteiger partial charge is 0.309 e. The second kappa shape index (κ2) is 10.1. The van der Waals surface area contributed by atoms with E-state index >= 15 is 0 Å². The molecule has 6 heteroatoms. The van der Waals surface area contributed by atoms with Gasteiger partial charge in [0.2, 0.25) is 0 Å². The zero-order valence-electron chi connectivity index (χ0n) is 17.9. The molecule has 0 aromatic heterocycles. The van der Waals surface area contributed by atoms with Gasteiger partial charge in [-0.25, -0.2) is 0 Å². The summed E-state index contributed by atoms with van der Waals surface area (Å²) in [5, 5.41) is 5.48. The van der Waals surface area contributed by atoms with E-state index in [0.29, 0.717) is 24.5 Å². The number of carbonyl (C=O) groups is 2. The number of methoxy groups -OCH3 is 2. The minimum absolute atomic E-state index is 0.221. The van der Waals surface area contributed by atoms with Crippen molar-refractivity contribution in [3.05, 3.63) is 58.7 Å². The number of ether oxygens (including phenoxy) is 2. The molecule has 0 heterocycles. The Bertz CT molecular complexity index is 910. The summed E-state index contributed by atoms with van der Waals surface area (Å²) in [6.07, 6.45) is 5.24. The number of aryl methyl sites for hydroxylation is 2. The average Bonchev–Trinajstić information content (AvgIpc) is 2.78. The molecule has 160 valence electrons. The number of fused-ring (bicyclic) bond motifs is 1. The highest BCUT2D eigenvalue weighted by molar-refractivity contribution is 6.35. The van der Waals surface area contributed by atoms with Crippen LogP contribution in [0.25, 0.3) is 0 Å². The number of carbonyl (C=O) groups excluding carboxylic acids is 2. The monoisotopic (exact) mass is 410 g/mol. The fourth-order valence-electron chi connectivity index (χ4n) is 3.81. The first-order valence-electron chi connectivity index (χ1n) is 10.4. The van der Waals surface area contributed by atoms with Gasteiger partial charge in [-0.15, -0.1) is 0 Å². The molecule has 0 fully saturated rings. The molecule has 30 heavy (non-hydrogen) atoms. The Morgan fingerprint density at radius 3 is 2.40 bits per heavy atom. The molecule has 2 aromatic rings. The lowest BCUT2D eigenvalue weighted by atomic mass is 9.89. The molecular weight excluding hydrogens is 380 g/mol. The van der Waals surface area contributed by atoms with Crippen LogP contribution >= 0.6 is 0 Å². The van der Waals surface area contributed by atoms with E-state index < -0.39 is 11.8 Å². The van der Waals surface area contributed by atoms with Crippen molar-refractivity contribution in [3.8, 4) is 11.5 Å². The molecular formula is C24H30N2O4. The summed E-state index contributed by atoms with van der Waals surface area (Å²) < 4.78 is 10.5. The fraction of sp³-hybridized carbons (Fsp3) is 0.417. The summed E-state index contributed by atoms with van der Waals surface area (Å²) in [4.78, 5) is 24.5. The Labute approximate surface area is 178 Å². The molecule has 3 rings (SSSR count). The van der Waals surface area contributed by atoms with E-state index in [1.807, 2.05) is 31.2 Å². The van der Waals surface area contributed by atoms with E-state index in [1.165, 1.54) is 24.0 Å². The summed E-state index contributed by atoms with van der Waals surface area (Å²) >= 11 is 0. The minimum atomic E-state index is -0.625. The summed E-state index contributed by atoms with van der Waals surface area (Å²) in [7, 11) is 3.17. The average molecular weight is 411 g/mol. The van der Waals surface area contributed by atoms with Gasteiger partial charge in [0.25, 0.3) is 0 Å². The second-order valence-electron chi connectivity index (χ2n) is 7.63. The van der Waals surface area contributed by atoms with Crippen molar-refractivity contribution in [1.82, 2.24) is 10.6 Å². The third-order valence-electron chi connectivity index (χ3n) is 5.57. The van der Waals surface area contributed by atoms with E-state index in [-0.39, 0.29) is 6.04 Å². The van der Waals surface area contributed by atoms with Crippen LogP contribution in [0.15, 0.2) is 36.4 Å². The van der Waals surface area contributed by atoms with Crippen LogP contribution in [0.3, 0.4) is 0 Å². The van der Waals surface area contributed by atoms with Crippen LogP contribution < -0.4 is 20.1 Å². The zero-order chi connectivity index (χ0) is 21.5. The molecule has 2 amide bonds. The van der Waals surface area contributed by atoms with Gasteiger partial charge in [-0.3, -0.25) is 9.59 Å². The molecule has 0 bridgehead atoms. The van der Waals surface area contributed by atoms with Crippen LogP contribution in [0.2, 0.25) is 0 Å². The Hall–Kier alpha value is -3.02. The number of benzene rings is 2. The number of nitrogens with one attached hydrogen (secondary N) is 2. The van der Waals surface area contributed by atoms with E-state index in [4.69, 9.17) is 9.47 Å². The first-order chi connectivity index (χ1) is 14.5. The molecule has 1 atom stereocenters. The maximum atomic E-state index is 12.3. The van der Waals surface area contributed by atoms with Gasteiger partial charge in [0.05, 0.1) is 20.3 Å². The molecule has 2 N–H and O–H groups in total. The SMILES string of the molecule is COc1ccc(CCNC(=O)C(=O)NC(C)c2ccc3c(c2)CCCC3)cc1OC. The Morgan fingerprint density at radius 1 is 0.933 bits per heavy atom. The largest absolute Gasteiger partial charge is 0.493 e. The van der Waals surface area contributed by atoms with Crippen molar-refractivity contribution in [1.29, 1.82) is 0 Å². The first-order valence-corrected chi connectivity index (χ1v) is 10.4. The fourth-order valence-corrected chi connectivity index (χ4v) is 3.81. The van der Waals surface area contributed by atoms with Gasteiger partial charge in [0, 0.05) is 6.54 Å². The molecule has 0 saturated carbocycles. The lowest BCUT2D eigenvalue weighted by Gasteiger charge is -2.20. The Morgan fingerprint density at radius 2 is 1.67 bits per heavy atom. The van der Waals surface area contributed by atoms with Gasteiger partial charge in [-0.1, -0.05) is 24.3 Å². The lowest BCUT2D eigenvalue weighted by Crippen LogP contribution is -2.41. The van der Waals surface area contributed by atoms with E-state index in [2.05, 4.69) is 22.8 Å². The number of hydrogen-bond donors (Lipinski definition) is 2. The molecule has 1 unspecified atom stereocenters. The topological polar surface area (TPSA) is 76.7 Å². The summed E-state index contributed by atoms with van der Waals surface area (Å²) in [6, 6.07) is 11.7. The highest BCUT2D eigenvalue weighted by Gasteiger charge is 2.18. The minimum Gasteiger partial charge on any atom is -0.493 e. The molecule has 0 spiro atoms. The summed E-state index contributed by atoms with van der Waals surface area (Å²) in [5.41, 5.74) is 4.77. The van der Waals surface area contributed by atoms with Gasteiger partial charge in [0.1, 0.15) is 0 Å². The maximum Gasteiger partial charge on any atom is 0.309 e. The quantitative estimate of drug-likeness (QED) is 0.688. The third kappa shape index (κ3) is 5.32. The van der Waals surface area contributed by atoms with Crippen molar-refractivity contribution in [3.63, 3.8) is 0 Å². The van der Waals surface area contributed by atoms with Crippen molar-refractivity contribution in [2.24, 2.45) is 0 Å². The van der Waals surface area contributed by atoms with Crippen LogP contribution in [-0.2, 0) is 28.9 Å². The van der Waals surface area contributed by atoms with E-state index in [1.54, 1.807) is 14.2 Å². The molecule has 0 radical (unpaired) electrons. The number of hydrogen-bond acceptors (Lipinski definition) is 4. The van der Waals surface area contributed by atoms with Gasteiger partial charge in [0.15, 0.2) is 11.5 Å². The molecule has 0 saturated heterocycles. The Balaban J connectivity index is 1.49. The maximum absolute atomic E-state index is 12.3. The van der Waals surface area contributed by atoms with Crippen LogP contribution in [-0.4, -0.2) is 32.6 Å². The number of amides is 2. The van der Waals surface area contributed by atoms with E-state index in [0.717, 1.165) is 24.0 Å². The van der Waals surface area contributed by atoms with Crippen molar-refractivity contribution < 1.29 is 19.1 Å². The molecule has 2 aromatic carbocycles. The predicted octanol–water partition coefficient (Wildman–Crippen LogP) is 3.12. The Kier molecular flexibility index (Phi) is 7.33. The summed E-state index contributed by atoms with van der Waals surface area (Å²) in [5.74, 6) is 0.0478. The standard InChI is InChI=1S/C24H30N2O4/c1-16(19-10-9-18-6-4-5-7-20(18)15-19)26-24(28)23(27)25-13-12-17-8-11-21(29-2)22(14-17)30-3/h8-11,14-16H,4-7,12-13H2,1-3H3,(H,25,27)(H,26,28). The predicted molar refractivity (Wildman–Crippen MR) is 116 cm³/mol. The zero-order valence-corrected chi connectivity index (χ0v) is 17.9. The summed E-state index contributed by atoms with van der Waals surface area (Å²) in [6.45, 7) is 2.26. The highest BCUT2D eigenvalue weighted by Crippen LogP contribution is 2.27. The molecule has 6 nitrogen and oxygen atoms in total. The second-order valence-corrected chi connectivity index (χ2v) is 7.63. The van der Waals surface area contributed by atoms with Gasteiger partial charge >= 0.3 is 11.8 Å². The van der Waals surface area contributed by atoms with Crippen LogP contribution in [0, 0.1) is 0 Å². The third-order valence-corrected chi connectivity index (χ3v) is 5.57. The first kappa shape index (κ1) is 21.7. The molecule has 1 aliphatic carbocycles. The molecule has 0 aliphatic heterocycles. The van der Waals surface area contributed by atoms with Gasteiger partial charge in [-0.05, 0) is 73.4 Å². The molecule has 1 aliphatic rings. The highest BCUT2D eigenvalue weighted by atomic mass is 16.5. The van der Waals surface area contributed by atoms with Crippen LogP contribution in [0.4, 0.5) is 0 Å². The van der Waals surface area contributed by atoms with Gasteiger partial charge in [-0.2, -0.15) is 0 Å². The van der Waals surface area contributed by atoms with Gasteiger partial charge < -0.3 is 20.1 Å². The van der Waals surface area contributed by atoms with Crippen LogP contribution in [0.1, 0.15) is 48.1 Å². The van der Waals surface area contributed by atoms with Crippen molar-refractivity contribution >= 4 is 11.8 Å². The van der Waals surface area contributed by atoms with Crippen molar-refractivity contribution in [2.45, 2.75) is 45.1 Å².